The number of hydrogen-bond donors (Lipinski definition) is 1. The third-order valence-corrected chi connectivity index (χ3v) is 5.07. The zero-order chi connectivity index (χ0) is 19.3. The second-order valence-corrected chi connectivity index (χ2v) is 7.36. The molecule has 0 aromatic carbocycles. The molecule has 1 saturated carbocycles. The summed E-state index contributed by atoms with van der Waals surface area (Å²) in [5.41, 5.74) is -2.40. The molecular weight excluding hydrogens is 353 g/mol. The number of halogens is 3. The number of hydrogen-bond acceptors (Lipinski definition) is 4. The lowest BCUT2D eigenvalue weighted by atomic mass is 9.80. The van der Waals surface area contributed by atoms with Gasteiger partial charge in [0.15, 0.2) is 11.2 Å². The number of aliphatic hydroxyl groups is 1. The summed E-state index contributed by atoms with van der Waals surface area (Å²) in [5, 5.41) is 10.0. The first-order valence-corrected chi connectivity index (χ1v) is 8.42. The van der Waals surface area contributed by atoms with Crippen LogP contribution in [0.2, 0.25) is 0 Å². The van der Waals surface area contributed by atoms with Crippen LogP contribution < -0.4 is 11.2 Å². The molecule has 2 aromatic rings. The lowest BCUT2D eigenvalue weighted by molar-refractivity contribution is -0.140. The first-order valence-electron chi connectivity index (χ1n) is 8.42. The van der Waals surface area contributed by atoms with Gasteiger partial charge in [0.25, 0.3) is 5.56 Å². The SMILES string of the molecule is Cn1c(=O)n(CC2CCC(C)(O)CC2)c(=O)c2c1ncn2CC(F)(F)F. The number of fused-ring (bicyclic) bond motifs is 1. The summed E-state index contributed by atoms with van der Waals surface area (Å²) in [6.07, 6.45) is -1.18. The van der Waals surface area contributed by atoms with Crippen molar-refractivity contribution in [2.45, 2.75) is 57.5 Å². The van der Waals surface area contributed by atoms with E-state index in [1.165, 1.54) is 7.05 Å². The Hall–Kier alpha value is -2.10. The van der Waals surface area contributed by atoms with Gasteiger partial charge in [-0.2, -0.15) is 13.2 Å². The molecule has 0 aliphatic heterocycles. The number of rotatable bonds is 3. The average Bonchev–Trinajstić information content (AvgIpc) is 2.93. The Kier molecular flexibility index (Phi) is 4.50. The summed E-state index contributed by atoms with van der Waals surface area (Å²) in [4.78, 5) is 29.1. The highest BCUT2D eigenvalue weighted by molar-refractivity contribution is 5.69. The van der Waals surface area contributed by atoms with Crippen molar-refractivity contribution in [3.8, 4) is 0 Å². The van der Waals surface area contributed by atoms with Gasteiger partial charge in [-0.15, -0.1) is 0 Å². The van der Waals surface area contributed by atoms with Crippen molar-refractivity contribution in [1.82, 2.24) is 18.7 Å². The van der Waals surface area contributed by atoms with Crippen molar-refractivity contribution < 1.29 is 18.3 Å². The van der Waals surface area contributed by atoms with Gasteiger partial charge < -0.3 is 9.67 Å². The molecule has 0 unspecified atom stereocenters. The largest absolute Gasteiger partial charge is 0.406 e. The maximum Gasteiger partial charge on any atom is 0.406 e. The molecule has 2 aromatic heterocycles. The lowest BCUT2D eigenvalue weighted by Crippen LogP contribution is -2.42. The maximum atomic E-state index is 12.8. The Morgan fingerprint density at radius 2 is 1.92 bits per heavy atom. The van der Waals surface area contributed by atoms with Crippen LogP contribution in [0.1, 0.15) is 32.6 Å². The molecule has 0 saturated heterocycles. The molecule has 0 radical (unpaired) electrons. The highest BCUT2D eigenvalue weighted by Gasteiger charge is 2.31. The fourth-order valence-electron chi connectivity index (χ4n) is 3.54. The zero-order valence-electron chi connectivity index (χ0n) is 14.6. The van der Waals surface area contributed by atoms with Gasteiger partial charge in [-0.05, 0) is 38.5 Å². The molecule has 0 amide bonds. The second kappa shape index (κ2) is 6.26. The molecular formula is C16H21F3N4O3. The Bertz CT molecular complexity index is 929. The van der Waals surface area contributed by atoms with Crippen LogP contribution in [0.3, 0.4) is 0 Å². The van der Waals surface area contributed by atoms with E-state index in [-0.39, 0.29) is 23.6 Å². The van der Waals surface area contributed by atoms with E-state index >= 15 is 0 Å². The Morgan fingerprint density at radius 1 is 1.31 bits per heavy atom. The van der Waals surface area contributed by atoms with Gasteiger partial charge in [0.2, 0.25) is 0 Å². The van der Waals surface area contributed by atoms with Crippen LogP contribution in [-0.4, -0.2) is 35.6 Å². The van der Waals surface area contributed by atoms with Crippen molar-refractivity contribution in [2.75, 3.05) is 0 Å². The summed E-state index contributed by atoms with van der Waals surface area (Å²) in [7, 11) is 1.39. The molecule has 1 aliphatic rings. The predicted molar refractivity (Wildman–Crippen MR) is 87.9 cm³/mol. The molecule has 0 spiro atoms. The molecule has 7 nitrogen and oxygen atoms in total. The zero-order valence-corrected chi connectivity index (χ0v) is 14.6. The van der Waals surface area contributed by atoms with Gasteiger partial charge in [0.05, 0.1) is 11.9 Å². The topological polar surface area (TPSA) is 82.0 Å². The predicted octanol–water partition coefficient (Wildman–Crippen LogP) is 1.40. The second-order valence-electron chi connectivity index (χ2n) is 7.36. The van der Waals surface area contributed by atoms with Crippen LogP contribution >= 0.6 is 0 Å². The smallest absolute Gasteiger partial charge is 0.390 e. The number of aromatic nitrogens is 4. The van der Waals surface area contributed by atoms with Crippen molar-refractivity contribution in [3.05, 3.63) is 27.2 Å². The van der Waals surface area contributed by atoms with Crippen LogP contribution in [0.25, 0.3) is 11.2 Å². The van der Waals surface area contributed by atoms with E-state index in [2.05, 4.69) is 4.98 Å². The quantitative estimate of drug-likeness (QED) is 0.881. The third kappa shape index (κ3) is 3.55. The minimum atomic E-state index is -4.51. The van der Waals surface area contributed by atoms with E-state index in [0.29, 0.717) is 25.7 Å². The highest BCUT2D eigenvalue weighted by Crippen LogP contribution is 2.32. The number of nitrogens with zero attached hydrogens (tertiary/aromatic N) is 4. The van der Waals surface area contributed by atoms with Crippen LogP contribution in [0.5, 0.6) is 0 Å². The van der Waals surface area contributed by atoms with Gasteiger partial charge in [0, 0.05) is 13.6 Å². The van der Waals surface area contributed by atoms with Crippen molar-refractivity contribution in [1.29, 1.82) is 0 Å². The van der Waals surface area contributed by atoms with E-state index in [1.807, 2.05) is 0 Å². The molecule has 10 heteroatoms. The molecule has 2 heterocycles. The number of imidazole rings is 1. The Morgan fingerprint density at radius 3 is 2.50 bits per heavy atom. The molecule has 26 heavy (non-hydrogen) atoms. The molecule has 1 aliphatic carbocycles. The maximum absolute atomic E-state index is 12.8. The lowest BCUT2D eigenvalue weighted by Gasteiger charge is -2.33. The fraction of sp³-hybridized carbons (Fsp3) is 0.688. The van der Waals surface area contributed by atoms with E-state index in [4.69, 9.17) is 0 Å². The van der Waals surface area contributed by atoms with Gasteiger partial charge in [-0.25, -0.2) is 9.78 Å². The van der Waals surface area contributed by atoms with Gasteiger partial charge in [-0.1, -0.05) is 0 Å². The van der Waals surface area contributed by atoms with E-state index in [9.17, 15) is 27.9 Å². The summed E-state index contributed by atoms with van der Waals surface area (Å²) in [5.74, 6) is 0.0112. The van der Waals surface area contributed by atoms with Crippen LogP contribution in [-0.2, 0) is 20.1 Å². The molecule has 1 fully saturated rings. The first-order chi connectivity index (χ1) is 12.0. The summed E-state index contributed by atoms with van der Waals surface area (Å²) in [6.45, 7) is 0.522. The minimum absolute atomic E-state index is 0.0112. The molecule has 0 atom stereocenters. The standard InChI is InChI=1S/C16H21F3N4O3/c1-15(26)5-3-10(4-6-15)7-23-13(24)11-12(21(2)14(23)25)20-9-22(11)8-16(17,18)19/h9-10,26H,3-8H2,1-2H3. The first kappa shape index (κ1) is 18.7. The fourth-order valence-corrected chi connectivity index (χ4v) is 3.54. The van der Waals surface area contributed by atoms with Crippen LogP contribution in [0.4, 0.5) is 13.2 Å². The summed E-state index contributed by atoms with van der Waals surface area (Å²) in [6, 6.07) is 0. The van der Waals surface area contributed by atoms with Crippen molar-refractivity contribution >= 4 is 11.2 Å². The molecule has 3 rings (SSSR count). The normalized spacial score (nSPS) is 24.3. The van der Waals surface area contributed by atoms with Gasteiger partial charge in [0.1, 0.15) is 6.54 Å². The highest BCUT2D eigenvalue weighted by atomic mass is 19.4. The van der Waals surface area contributed by atoms with Crippen molar-refractivity contribution in [3.63, 3.8) is 0 Å². The summed E-state index contributed by atoms with van der Waals surface area (Å²) < 4.78 is 41.1. The Balaban J connectivity index is 2.02. The number of alkyl halides is 3. The van der Waals surface area contributed by atoms with Gasteiger partial charge in [-0.3, -0.25) is 13.9 Å². The third-order valence-electron chi connectivity index (χ3n) is 5.07. The van der Waals surface area contributed by atoms with Crippen LogP contribution in [0.15, 0.2) is 15.9 Å². The van der Waals surface area contributed by atoms with Gasteiger partial charge >= 0.3 is 11.9 Å². The monoisotopic (exact) mass is 374 g/mol. The summed E-state index contributed by atoms with van der Waals surface area (Å²) >= 11 is 0. The van der Waals surface area contributed by atoms with E-state index < -0.39 is 29.6 Å². The molecule has 0 bridgehead atoms. The number of aryl methyl sites for hydroxylation is 1. The van der Waals surface area contributed by atoms with E-state index in [0.717, 1.165) is 20.0 Å². The Labute approximate surface area is 146 Å². The van der Waals surface area contributed by atoms with Crippen LogP contribution in [0, 0.1) is 5.92 Å². The minimum Gasteiger partial charge on any atom is -0.390 e. The van der Waals surface area contributed by atoms with Crippen molar-refractivity contribution in [2.24, 2.45) is 13.0 Å². The average molecular weight is 374 g/mol. The molecule has 144 valence electrons. The van der Waals surface area contributed by atoms with E-state index in [1.54, 1.807) is 6.92 Å². The molecule has 1 N–H and O–H groups in total.